The number of carbonyl (C=O) groups excluding carboxylic acids is 1. The molecule has 0 aliphatic carbocycles. The summed E-state index contributed by atoms with van der Waals surface area (Å²) in [7, 11) is 0. The Labute approximate surface area is 177 Å². The van der Waals surface area contributed by atoms with E-state index in [-0.39, 0.29) is 18.0 Å². The molecule has 0 radical (unpaired) electrons. The van der Waals surface area contributed by atoms with Gasteiger partial charge in [-0.25, -0.2) is 4.98 Å². The molecule has 0 unspecified atom stereocenters. The van der Waals surface area contributed by atoms with E-state index in [1.54, 1.807) is 12.1 Å². The lowest BCUT2D eigenvalue weighted by atomic mass is 10.1. The molecule has 0 spiro atoms. The molecule has 4 aromatic rings. The van der Waals surface area contributed by atoms with Crippen molar-refractivity contribution in [3.63, 3.8) is 0 Å². The number of carbonyl (C=O) groups is 1. The zero-order valence-electron chi connectivity index (χ0n) is 16.7. The Morgan fingerprint density at radius 2 is 1.87 bits per heavy atom. The normalized spacial score (nSPS) is 10.9. The molecule has 0 bridgehead atoms. The fraction of sp³-hybridized carbons (Fsp3) is 0.174. The molecule has 7 heteroatoms. The van der Waals surface area contributed by atoms with E-state index >= 15 is 0 Å². The SMILES string of the molecule is CCOc1ccccc1NC(=O)Cn1cnc2sc(-c3ccccc3)c(C)c2c1=O. The van der Waals surface area contributed by atoms with Gasteiger partial charge in [-0.3, -0.25) is 14.2 Å². The molecule has 0 fully saturated rings. The lowest BCUT2D eigenvalue weighted by Crippen LogP contribution is -2.28. The number of anilines is 1. The van der Waals surface area contributed by atoms with Gasteiger partial charge in [0.15, 0.2) is 0 Å². The van der Waals surface area contributed by atoms with Crippen molar-refractivity contribution >= 4 is 33.1 Å². The smallest absolute Gasteiger partial charge is 0.262 e. The van der Waals surface area contributed by atoms with E-state index in [0.29, 0.717) is 28.3 Å². The maximum atomic E-state index is 13.1. The zero-order chi connectivity index (χ0) is 21.1. The monoisotopic (exact) mass is 419 g/mol. The van der Waals surface area contributed by atoms with Crippen molar-refractivity contribution in [2.45, 2.75) is 20.4 Å². The predicted molar refractivity (Wildman–Crippen MR) is 120 cm³/mol. The number of fused-ring (bicyclic) bond motifs is 1. The minimum absolute atomic E-state index is 0.127. The number of nitrogens with zero attached hydrogens (tertiary/aromatic N) is 2. The maximum Gasteiger partial charge on any atom is 0.262 e. The van der Waals surface area contributed by atoms with Crippen LogP contribution in [0.4, 0.5) is 5.69 Å². The Morgan fingerprint density at radius 3 is 2.63 bits per heavy atom. The van der Waals surface area contributed by atoms with Gasteiger partial charge in [-0.1, -0.05) is 42.5 Å². The molecule has 152 valence electrons. The number of aryl methyl sites for hydroxylation is 1. The van der Waals surface area contributed by atoms with Crippen LogP contribution in [0, 0.1) is 6.92 Å². The van der Waals surface area contributed by atoms with Crippen LogP contribution in [0.1, 0.15) is 12.5 Å². The van der Waals surface area contributed by atoms with Crippen LogP contribution in [-0.4, -0.2) is 22.1 Å². The van der Waals surface area contributed by atoms with Gasteiger partial charge in [0.2, 0.25) is 5.91 Å². The third kappa shape index (κ3) is 3.84. The van der Waals surface area contributed by atoms with E-state index in [4.69, 9.17) is 4.74 Å². The third-order valence-corrected chi connectivity index (χ3v) is 5.98. The minimum atomic E-state index is -0.318. The van der Waals surface area contributed by atoms with Gasteiger partial charge in [-0.15, -0.1) is 11.3 Å². The van der Waals surface area contributed by atoms with Gasteiger partial charge < -0.3 is 10.1 Å². The van der Waals surface area contributed by atoms with Gasteiger partial charge in [0.25, 0.3) is 5.56 Å². The van der Waals surface area contributed by atoms with E-state index in [1.165, 1.54) is 22.2 Å². The van der Waals surface area contributed by atoms with Gasteiger partial charge in [0.1, 0.15) is 17.1 Å². The fourth-order valence-electron chi connectivity index (χ4n) is 3.33. The summed E-state index contributed by atoms with van der Waals surface area (Å²) in [5, 5.41) is 3.38. The Balaban J connectivity index is 1.63. The molecule has 2 heterocycles. The second kappa shape index (κ2) is 8.51. The van der Waals surface area contributed by atoms with E-state index in [2.05, 4.69) is 10.3 Å². The van der Waals surface area contributed by atoms with Crippen LogP contribution in [-0.2, 0) is 11.3 Å². The van der Waals surface area contributed by atoms with Crippen LogP contribution < -0.4 is 15.6 Å². The number of aromatic nitrogens is 2. The average Bonchev–Trinajstić information content (AvgIpc) is 3.09. The molecule has 30 heavy (non-hydrogen) atoms. The lowest BCUT2D eigenvalue weighted by molar-refractivity contribution is -0.116. The van der Waals surface area contributed by atoms with Crippen molar-refractivity contribution in [2.75, 3.05) is 11.9 Å². The van der Waals surface area contributed by atoms with E-state index in [9.17, 15) is 9.59 Å². The van der Waals surface area contributed by atoms with Crippen LogP contribution in [0.2, 0.25) is 0 Å². The molecular weight excluding hydrogens is 398 g/mol. The first-order valence-corrected chi connectivity index (χ1v) is 10.5. The second-order valence-electron chi connectivity index (χ2n) is 6.76. The van der Waals surface area contributed by atoms with Crippen molar-refractivity contribution in [3.05, 3.63) is 76.8 Å². The first kappa shape index (κ1) is 19.8. The number of para-hydroxylation sites is 2. The molecule has 0 saturated carbocycles. The molecule has 2 aromatic carbocycles. The number of hydrogen-bond acceptors (Lipinski definition) is 5. The molecule has 1 N–H and O–H groups in total. The van der Waals surface area contributed by atoms with E-state index < -0.39 is 0 Å². The number of nitrogens with one attached hydrogen (secondary N) is 1. The minimum Gasteiger partial charge on any atom is -0.492 e. The molecule has 0 aliphatic heterocycles. The Morgan fingerprint density at radius 1 is 1.13 bits per heavy atom. The number of benzene rings is 2. The first-order chi connectivity index (χ1) is 14.6. The first-order valence-electron chi connectivity index (χ1n) is 9.64. The number of amides is 1. The highest BCUT2D eigenvalue weighted by Gasteiger charge is 2.17. The van der Waals surface area contributed by atoms with Crippen LogP contribution >= 0.6 is 11.3 Å². The lowest BCUT2D eigenvalue weighted by Gasteiger charge is -2.11. The zero-order valence-corrected chi connectivity index (χ0v) is 17.5. The van der Waals surface area contributed by atoms with Crippen molar-refractivity contribution < 1.29 is 9.53 Å². The number of thiophene rings is 1. The standard InChI is InChI=1S/C23H21N3O3S/c1-3-29-18-12-8-7-11-17(18)25-19(27)13-26-14-24-22-20(23(26)28)15(2)21(30-22)16-9-5-4-6-10-16/h4-12,14H,3,13H2,1-2H3,(H,25,27). The fourth-order valence-corrected chi connectivity index (χ4v) is 4.48. The van der Waals surface area contributed by atoms with Gasteiger partial charge in [0, 0.05) is 4.88 Å². The number of ether oxygens (including phenoxy) is 1. The Bertz CT molecular complexity index is 1260. The second-order valence-corrected chi connectivity index (χ2v) is 7.76. The van der Waals surface area contributed by atoms with Crippen molar-refractivity contribution in [2.24, 2.45) is 0 Å². The van der Waals surface area contributed by atoms with Crippen LogP contribution in [0.25, 0.3) is 20.7 Å². The molecule has 0 saturated heterocycles. The van der Waals surface area contributed by atoms with Crippen molar-refractivity contribution in [1.82, 2.24) is 9.55 Å². The summed E-state index contributed by atoms with van der Waals surface area (Å²) in [6, 6.07) is 17.1. The van der Waals surface area contributed by atoms with Gasteiger partial charge in [-0.05, 0) is 37.1 Å². The summed E-state index contributed by atoms with van der Waals surface area (Å²) in [5.74, 6) is 0.275. The quantitative estimate of drug-likeness (QED) is 0.500. The summed E-state index contributed by atoms with van der Waals surface area (Å²) >= 11 is 1.49. The summed E-state index contributed by atoms with van der Waals surface area (Å²) in [5.41, 5.74) is 2.29. The highest BCUT2D eigenvalue weighted by Crippen LogP contribution is 2.35. The molecule has 0 atom stereocenters. The Hall–Kier alpha value is -3.45. The van der Waals surface area contributed by atoms with Crippen LogP contribution in [0.15, 0.2) is 65.7 Å². The Kier molecular flexibility index (Phi) is 5.63. The maximum absolute atomic E-state index is 13.1. The van der Waals surface area contributed by atoms with E-state index in [1.807, 2.05) is 56.3 Å². The highest BCUT2D eigenvalue weighted by atomic mass is 32.1. The summed E-state index contributed by atoms with van der Waals surface area (Å²) in [6.07, 6.45) is 1.43. The van der Waals surface area contributed by atoms with E-state index in [0.717, 1.165) is 16.0 Å². The van der Waals surface area contributed by atoms with Crippen molar-refractivity contribution in [1.29, 1.82) is 0 Å². The van der Waals surface area contributed by atoms with Crippen LogP contribution in [0.3, 0.4) is 0 Å². The molecule has 4 rings (SSSR count). The summed E-state index contributed by atoms with van der Waals surface area (Å²) in [6.45, 7) is 4.17. The number of hydrogen-bond donors (Lipinski definition) is 1. The highest BCUT2D eigenvalue weighted by molar-refractivity contribution is 7.22. The van der Waals surface area contributed by atoms with Gasteiger partial charge >= 0.3 is 0 Å². The summed E-state index contributed by atoms with van der Waals surface area (Å²) < 4.78 is 6.88. The predicted octanol–water partition coefficient (Wildman–Crippen LogP) is 4.47. The molecule has 6 nitrogen and oxygen atoms in total. The van der Waals surface area contributed by atoms with Crippen molar-refractivity contribution in [3.8, 4) is 16.2 Å². The largest absolute Gasteiger partial charge is 0.492 e. The van der Waals surface area contributed by atoms with Gasteiger partial charge in [-0.2, -0.15) is 0 Å². The molecular formula is C23H21N3O3S. The topological polar surface area (TPSA) is 73.2 Å². The molecule has 1 amide bonds. The molecule has 0 aliphatic rings. The van der Waals surface area contributed by atoms with Gasteiger partial charge in [0.05, 0.1) is 24.0 Å². The summed E-state index contributed by atoms with van der Waals surface area (Å²) in [4.78, 5) is 31.8. The third-order valence-electron chi connectivity index (χ3n) is 4.73. The number of rotatable bonds is 6. The molecule has 2 aromatic heterocycles. The average molecular weight is 420 g/mol. The van der Waals surface area contributed by atoms with Crippen LogP contribution in [0.5, 0.6) is 5.75 Å².